The van der Waals surface area contributed by atoms with E-state index in [1.54, 1.807) is 18.3 Å². The lowest BCUT2D eigenvalue weighted by atomic mass is 10.1. The van der Waals surface area contributed by atoms with E-state index in [1.165, 1.54) is 10.7 Å². The molecule has 3 aromatic heterocycles. The number of pyridine rings is 1. The molecule has 0 radical (unpaired) electrons. The van der Waals surface area contributed by atoms with Crippen LogP contribution in [0.5, 0.6) is 0 Å². The molecule has 36 heavy (non-hydrogen) atoms. The quantitative estimate of drug-likeness (QED) is 0.374. The highest BCUT2D eigenvalue weighted by atomic mass is 19.1. The molecule has 186 valence electrons. The molecule has 12 heteroatoms. The number of nitrogens with two attached hydrogens (primary N) is 1. The van der Waals surface area contributed by atoms with Crippen LogP contribution in [0.2, 0.25) is 0 Å². The highest BCUT2D eigenvalue weighted by Gasteiger charge is 2.24. The molecule has 10 nitrogen and oxygen atoms in total. The number of piperazine rings is 1. The van der Waals surface area contributed by atoms with Gasteiger partial charge in [-0.15, -0.1) is 0 Å². The molecule has 1 aliphatic heterocycles. The maximum Gasteiger partial charge on any atom is 0.269 e. The monoisotopic (exact) mass is 493 g/mol. The van der Waals surface area contributed by atoms with E-state index in [-0.39, 0.29) is 34.3 Å². The second kappa shape index (κ2) is 9.46. The Bertz CT molecular complexity index is 1430. The van der Waals surface area contributed by atoms with Gasteiger partial charge in [0.1, 0.15) is 17.3 Å². The van der Waals surface area contributed by atoms with Crippen molar-refractivity contribution in [3.05, 3.63) is 54.0 Å². The number of hydrogen-bond donors (Lipinski definition) is 3. The molecule has 4 N–H and O–H groups in total. The number of amides is 1. The summed E-state index contributed by atoms with van der Waals surface area (Å²) in [7, 11) is 0. The zero-order valence-electron chi connectivity index (χ0n) is 19.8. The SMILES string of the molecule is CC(C)n1nc(C(N)=O)c2c(F)c(-c3nc(Nc4ccc(N5CCNCC5)cn4)ncc3F)ccc21. The largest absolute Gasteiger partial charge is 0.368 e. The number of hydrogen-bond acceptors (Lipinski definition) is 8. The summed E-state index contributed by atoms with van der Waals surface area (Å²) in [6.07, 6.45) is 2.69. The van der Waals surface area contributed by atoms with Crippen LogP contribution < -0.4 is 21.3 Å². The van der Waals surface area contributed by atoms with Crippen LogP contribution in [0, 0.1) is 11.6 Å². The van der Waals surface area contributed by atoms with E-state index >= 15 is 4.39 Å². The minimum Gasteiger partial charge on any atom is -0.368 e. The van der Waals surface area contributed by atoms with E-state index in [0.29, 0.717) is 11.3 Å². The standard InChI is InChI=1S/C24H25F2N9O/c1-13(2)35-17-5-4-15(20(26)19(17)22(33-35)23(27)36)21-16(25)12-30-24(32-21)31-18-6-3-14(11-29-18)34-9-7-28-8-10-34/h3-6,11-13,28H,7-10H2,1-2H3,(H2,27,36)(H,29,30,31,32). The van der Waals surface area contributed by atoms with E-state index in [2.05, 4.69) is 35.6 Å². The summed E-state index contributed by atoms with van der Waals surface area (Å²) in [6.45, 7) is 7.29. The fourth-order valence-electron chi connectivity index (χ4n) is 4.24. The molecule has 1 aliphatic rings. The number of rotatable bonds is 6. The molecule has 4 heterocycles. The summed E-state index contributed by atoms with van der Waals surface area (Å²) in [5, 5.41) is 10.3. The van der Waals surface area contributed by atoms with Gasteiger partial charge in [0.05, 0.1) is 29.0 Å². The minimum absolute atomic E-state index is 0.0429. The fraction of sp³-hybridized carbons (Fsp3) is 0.292. The van der Waals surface area contributed by atoms with Crippen molar-refractivity contribution >= 4 is 34.3 Å². The van der Waals surface area contributed by atoms with E-state index in [1.807, 2.05) is 19.9 Å². The van der Waals surface area contributed by atoms with Gasteiger partial charge < -0.3 is 21.3 Å². The first-order valence-electron chi connectivity index (χ1n) is 11.6. The molecule has 0 bridgehead atoms. The second-order valence-corrected chi connectivity index (χ2v) is 8.73. The maximum atomic E-state index is 15.7. The molecule has 1 amide bonds. The first kappa shape index (κ1) is 23.5. The van der Waals surface area contributed by atoms with Gasteiger partial charge in [-0.3, -0.25) is 9.48 Å². The van der Waals surface area contributed by atoms with Gasteiger partial charge in [0.2, 0.25) is 5.95 Å². The number of primary amides is 1. The molecule has 0 aliphatic carbocycles. The predicted octanol–water partition coefficient (Wildman–Crippen LogP) is 3.00. The Morgan fingerprint density at radius 1 is 1.11 bits per heavy atom. The van der Waals surface area contributed by atoms with Crippen molar-refractivity contribution in [3.63, 3.8) is 0 Å². The van der Waals surface area contributed by atoms with Crippen LogP contribution in [0.3, 0.4) is 0 Å². The number of nitrogens with zero attached hydrogens (tertiary/aromatic N) is 6. The fourth-order valence-corrected chi connectivity index (χ4v) is 4.24. The molecular weight excluding hydrogens is 468 g/mol. The topological polar surface area (TPSA) is 127 Å². The zero-order valence-corrected chi connectivity index (χ0v) is 19.8. The summed E-state index contributed by atoms with van der Waals surface area (Å²) in [6, 6.07) is 6.52. The number of nitrogens with one attached hydrogen (secondary N) is 2. The van der Waals surface area contributed by atoms with Gasteiger partial charge >= 0.3 is 0 Å². The van der Waals surface area contributed by atoms with Gasteiger partial charge in [0.25, 0.3) is 5.91 Å². The van der Waals surface area contributed by atoms with Crippen molar-refractivity contribution in [3.8, 4) is 11.3 Å². The van der Waals surface area contributed by atoms with Crippen molar-refractivity contribution in [2.24, 2.45) is 5.73 Å². The van der Waals surface area contributed by atoms with Crippen molar-refractivity contribution in [2.75, 3.05) is 36.4 Å². The lowest BCUT2D eigenvalue weighted by Gasteiger charge is -2.29. The van der Waals surface area contributed by atoms with Crippen molar-refractivity contribution in [1.82, 2.24) is 30.0 Å². The maximum absolute atomic E-state index is 15.7. The smallest absolute Gasteiger partial charge is 0.269 e. The van der Waals surface area contributed by atoms with Crippen LogP contribution in [-0.2, 0) is 0 Å². The molecule has 0 spiro atoms. The van der Waals surface area contributed by atoms with Crippen LogP contribution in [-0.4, -0.2) is 56.8 Å². The van der Waals surface area contributed by atoms with Crippen LogP contribution in [0.1, 0.15) is 30.4 Å². The van der Waals surface area contributed by atoms with E-state index in [0.717, 1.165) is 38.1 Å². The summed E-state index contributed by atoms with van der Waals surface area (Å²) in [4.78, 5) is 26.7. The molecular formula is C24H25F2N9O. The van der Waals surface area contributed by atoms with Crippen molar-refractivity contribution in [2.45, 2.75) is 19.9 Å². The number of halogens is 2. The van der Waals surface area contributed by atoms with Crippen LogP contribution in [0.4, 0.5) is 26.2 Å². The molecule has 1 saturated heterocycles. The Morgan fingerprint density at radius 2 is 1.89 bits per heavy atom. The van der Waals surface area contributed by atoms with Crippen LogP contribution >= 0.6 is 0 Å². The Morgan fingerprint density at radius 3 is 2.56 bits per heavy atom. The van der Waals surface area contributed by atoms with Gasteiger partial charge in [-0.25, -0.2) is 23.7 Å². The number of carbonyl (C=O) groups is 1. The average Bonchev–Trinajstić information content (AvgIpc) is 3.28. The van der Waals surface area contributed by atoms with Gasteiger partial charge in [0, 0.05) is 37.8 Å². The van der Waals surface area contributed by atoms with E-state index < -0.39 is 17.5 Å². The Kier molecular flexibility index (Phi) is 6.18. The third-order valence-electron chi connectivity index (χ3n) is 6.00. The first-order chi connectivity index (χ1) is 17.3. The van der Waals surface area contributed by atoms with Gasteiger partial charge in [-0.05, 0) is 38.1 Å². The number of anilines is 3. The van der Waals surface area contributed by atoms with Crippen molar-refractivity contribution in [1.29, 1.82) is 0 Å². The van der Waals surface area contributed by atoms with Crippen molar-refractivity contribution < 1.29 is 13.6 Å². The summed E-state index contributed by atoms with van der Waals surface area (Å²) in [5.74, 6) is -2.04. The van der Waals surface area contributed by atoms with Crippen LogP contribution in [0.15, 0.2) is 36.7 Å². The number of aromatic nitrogens is 5. The summed E-state index contributed by atoms with van der Waals surface area (Å²) < 4.78 is 32.0. The molecule has 0 unspecified atom stereocenters. The Balaban J connectivity index is 1.48. The van der Waals surface area contributed by atoms with E-state index in [4.69, 9.17) is 5.73 Å². The molecule has 0 saturated carbocycles. The van der Waals surface area contributed by atoms with Crippen LogP contribution in [0.25, 0.3) is 22.2 Å². The number of fused-ring (bicyclic) bond motifs is 1. The third-order valence-corrected chi connectivity index (χ3v) is 6.00. The van der Waals surface area contributed by atoms with E-state index in [9.17, 15) is 9.18 Å². The molecule has 1 aromatic carbocycles. The zero-order chi connectivity index (χ0) is 25.4. The second-order valence-electron chi connectivity index (χ2n) is 8.73. The molecule has 0 atom stereocenters. The molecule has 4 aromatic rings. The van der Waals surface area contributed by atoms with Gasteiger partial charge in [-0.2, -0.15) is 5.10 Å². The van der Waals surface area contributed by atoms with Gasteiger partial charge in [0.15, 0.2) is 11.5 Å². The lowest BCUT2D eigenvalue weighted by molar-refractivity contribution is 0.0996. The summed E-state index contributed by atoms with van der Waals surface area (Å²) in [5.41, 5.74) is 6.18. The average molecular weight is 494 g/mol. The highest BCUT2D eigenvalue weighted by molar-refractivity contribution is 6.05. The number of benzene rings is 1. The predicted molar refractivity (Wildman–Crippen MR) is 132 cm³/mol. The number of carbonyl (C=O) groups excluding carboxylic acids is 1. The summed E-state index contributed by atoms with van der Waals surface area (Å²) >= 11 is 0. The molecule has 5 rings (SSSR count). The Labute approximate surface area is 205 Å². The normalized spacial score (nSPS) is 14.0. The van der Waals surface area contributed by atoms with Gasteiger partial charge in [-0.1, -0.05) is 0 Å². The minimum atomic E-state index is -0.878. The molecule has 1 fully saturated rings. The highest BCUT2D eigenvalue weighted by Crippen LogP contribution is 2.33. The first-order valence-corrected chi connectivity index (χ1v) is 11.6. The third kappa shape index (κ3) is 4.31. The lowest BCUT2D eigenvalue weighted by Crippen LogP contribution is -2.43. The Hall–Kier alpha value is -4.19.